The van der Waals surface area contributed by atoms with Crippen LogP contribution in [0, 0.1) is 5.92 Å². The number of aromatic nitrogens is 1. The highest BCUT2D eigenvalue weighted by Gasteiger charge is 2.23. The van der Waals surface area contributed by atoms with Crippen LogP contribution in [0.4, 0.5) is 0 Å². The van der Waals surface area contributed by atoms with Crippen LogP contribution in [0.1, 0.15) is 43.8 Å². The van der Waals surface area contributed by atoms with Crippen LogP contribution in [0.25, 0.3) is 0 Å². The molecule has 0 saturated carbocycles. The van der Waals surface area contributed by atoms with E-state index < -0.39 is 0 Å². The Labute approximate surface area is 108 Å². The molecule has 1 aromatic heterocycles. The van der Waals surface area contributed by atoms with Crippen molar-refractivity contribution in [3.63, 3.8) is 0 Å². The molecule has 96 valence electrons. The molecule has 1 saturated heterocycles. The largest absolute Gasteiger partial charge is 0.327 e. The van der Waals surface area contributed by atoms with Crippen LogP contribution >= 0.6 is 11.3 Å². The van der Waals surface area contributed by atoms with Crippen LogP contribution in [0.3, 0.4) is 0 Å². The molecule has 2 atom stereocenters. The monoisotopic (exact) mass is 253 g/mol. The van der Waals surface area contributed by atoms with Crippen molar-refractivity contribution in [2.24, 2.45) is 11.7 Å². The summed E-state index contributed by atoms with van der Waals surface area (Å²) in [5.74, 6) is 1.15. The van der Waals surface area contributed by atoms with Gasteiger partial charge in [-0.2, -0.15) is 0 Å². The molecule has 0 radical (unpaired) electrons. The molecule has 4 heteroatoms. The summed E-state index contributed by atoms with van der Waals surface area (Å²) in [6.45, 7) is 9.85. The maximum Gasteiger partial charge on any atom is 0.0954 e. The fraction of sp³-hybridized carbons (Fsp3) is 0.769. The lowest BCUT2D eigenvalue weighted by atomic mass is 9.95. The molecule has 1 aromatic rings. The van der Waals surface area contributed by atoms with Gasteiger partial charge in [0, 0.05) is 37.0 Å². The van der Waals surface area contributed by atoms with E-state index >= 15 is 0 Å². The lowest BCUT2D eigenvalue weighted by Gasteiger charge is -2.34. The van der Waals surface area contributed by atoms with Crippen LogP contribution in [0.5, 0.6) is 0 Å². The quantitative estimate of drug-likeness (QED) is 0.899. The number of thiazole rings is 1. The number of piperidine rings is 1. The molecular weight excluding hydrogens is 230 g/mol. The highest BCUT2D eigenvalue weighted by atomic mass is 32.1. The van der Waals surface area contributed by atoms with Crippen LogP contribution in [0.2, 0.25) is 0 Å². The third-order valence-corrected chi connectivity index (χ3v) is 4.70. The van der Waals surface area contributed by atoms with Crippen LogP contribution < -0.4 is 5.73 Å². The molecule has 0 aliphatic carbocycles. The maximum absolute atomic E-state index is 6.04. The summed E-state index contributed by atoms with van der Waals surface area (Å²) in [5.41, 5.74) is 7.26. The van der Waals surface area contributed by atoms with Gasteiger partial charge in [0.05, 0.1) is 10.7 Å². The molecule has 2 N–H and O–H groups in total. The molecule has 0 amide bonds. The second-order valence-corrected chi connectivity index (χ2v) is 6.39. The molecule has 17 heavy (non-hydrogen) atoms. The first kappa shape index (κ1) is 13.0. The zero-order valence-electron chi connectivity index (χ0n) is 11.0. The summed E-state index contributed by atoms with van der Waals surface area (Å²) in [6.07, 6.45) is 1.11. The summed E-state index contributed by atoms with van der Waals surface area (Å²) < 4.78 is 0. The van der Waals surface area contributed by atoms with Gasteiger partial charge in [0.2, 0.25) is 0 Å². The summed E-state index contributed by atoms with van der Waals surface area (Å²) in [5, 5.41) is 3.45. The lowest BCUT2D eigenvalue weighted by molar-refractivity contribution is 0.156. The Hall–Kier alpha value is -0.450. The summed E-state index contributed by atoms with van der Waals surface area (Å²) in [7, 11) is 0. The van der Waals surface area contributed by atoms with E-state index in [0.29, 0.717) is 17.9 Å². The molecule has 0 aromatic carbocycles. The fourth-order valence-corrected chi connectivity index (χ4v) is 3.11. The van der Waals surface area contributed by atoms with Crippen LogP contribution in [0.15, 0.2) is 5.38 Å². The van der Waals surface area contributed by atoms with Crippen molar-refractivity contribution in [3.8, 4) is 0 Å². The molecule has 1 aliphatic heterocycles. The maximum atomic E-state index is 6.04. The average Bonchev–Trinajstić information content (AvgIpc) is 2.72. The first-order chi connectivity index (χ1) is 8.06. The van der Waals surface area contributed by atoms with Crippen LogP contribution in [-0.2, 0) is 6.54 Å². The van der Waals surface area contributed by atoms with Gasteiger partial charge in [-0.3, -0.25) is 4.90 Å². The van der Waals surface area contributed by atoms with Gasteiger partial charge < -0.3 is 5.73 Å². The Balaban J connectivity index is 1.92. The second kappa shape index (κ2) is 5.46. The normalized spacial score (nSPS) is 26.6. The minimum Gasteiger partial charge on any atom is -0.327 e. The molecule has 3 nitrogen and oxygen atoms in total. The molecule has 1 fully saturated rings. The van der Waals surface area contributed by atoms with E-state index in [1.54, 1.807) is 11.3 Å². The molecule has 0 spiro atoms. The predicted molar refractivity (Wildman–Crippen MR) is 73.2 cm³/mol. The molecule has 2 rings (SSSR count). The Morgan fingerprint density at radius 3 is 2.94 bits per heavy atom. The van der Waals surface area contributed by atoms with Crippen molar-refractivity contribution in [1.29, 1.82) is 0 Å². The second-order valence-electron chi connectivity index (χ2n) is 5.50. The third-order valence-electron chi connectivity index (χ3n) is 3.50. The van der Waals surface area contributed by atoms with Crippen molar-refractivity contribution in [2.75, 3.05) is 13.1 Å². The van der Waals surface area contributed by atoms with Gasteiger partial charge >= 0.3 is 0 Å². The van der Waals surface area contributed by atoms with Crippen molar-refractivity contribution in [3.05, 3.63) is 16.1 Å². The van der Waals surface area contributed by atoms with Crippen molar-refractivity contribution >= 4 is 11.3 Å². The van der Waals surface area contributed by atoms with E-state index in [9.17, 15) is 0 Å². The molecular formula is C13H23N3S. The number of hydrogen-bond acceptors (Lipinski definition) is 4. The Bertz CT molecular complexity index is 361. The first-order valence-electron chi connectivity index (χ1n) is 6.48. The van der Waals surface area contributed by atoms with E-state index in [4.69, 9.17) is 10.7 Å². The van der Waals surface area contributed by atoms with Gasteiger partial charge in [-0.25, -0.2) is 4.98 Å². The van der Waals surface area contributed by atoms with Crippen molar-refractivity contribution in [2.45, 2.75) is 45.7 Å². The highest BCUT2D eigenvalue weighted by Crippen LogP contribution is 2.22. The fourth-order valence-electron chi connectivity index (χ4n) is 2.28. The van der Waals surface area contributed by atoms with E-state index in [1.807, 2.05) is 0 Å². The minimum absolute atomic E-state index is 0.382. The molecule has 2 unspecified atom stereocenters. The van der Waals surface area contributed by atoms with E-state index in [2.05, 4.69) is 31.1 Å². The summed E-state index contributed by atoms with van der Waals surface area (Å²) in [4.78, 5) is 7.17. The Morgan fingerprint density at radius 2 is 2.35 bits per heavy atom. The lowest BCUT2D eigenvalue weighted by Crippen LogP contribution is -2.45. The minimum atomic E-state index is 0.382. The van der Waals surface area contributed by atoms with Gasteiger partial charge in [0.15, 0.2) is 0 Å². The van der Waals surface area contributed by atoms with E-state index in [1.165, 1.54) is 10.7 Å². The summed E-state index contributed by atoms with van der Waals surface area (Å²) >= 11 is 1.79. The van der Waals surface area contributed by atoms with Gasteiger partial charge in [-0.15, -0.1) is 11.3 Å². The van der Waals surface area contributed by atoms with Gasteiger partial charge in [0.25, 0.3) is 0 Å². The number of likely N-dealkylation sites (tertiary alicyclic amines) is 1. The topological polar surface area (TPSA) is 42.2 Å². The smallest absolute Gasteiger partial charge is 0.0954 e. The number of nitrogens with two attached hydrogens (primary N) is 1. The molecule has 2 heterocycles. The van der Waals surface area contributed by atoms with Crippen molar-refractivity contribution in [1.82, 2.24) is 9.88 Å². The number of nitrogens with zero attached hydrogens (tertiary/aromatic N) is 2. The number of hydrogen-bond donors (Lipinski definition) is 1. The standard InChI is InChI=1S/C13H23N3S/c1-9(2)13-15-11(8-17-13)7-16-5-4-12(14)10(3)6-16/h8-10,12H,4-7,14H2,1-3H3. The Morgan fingerprint density at radius 1 is 1.59 bits per heavy atom. The van der Waals surface area contributed by atoms with Gasteiger partial charge in [-0.1, -0.05) is 20.8 Å². The van der Waals surface area contributed by atoms with E-state index in [-0.39, 0.29) is 0 Å². The summed E-state index contributed by atoms with van der Waals surface area (Å²) in [6, 6.07) is 0.382. The molecule has 0 bridgehead atoms. The third kappa shape index (κ3) is 3.27. The zero-order valence-corrected chi connectivity index (χ0v) is 11.8. The zero-order chi connectivity index (χ0) is 12.4. The van der Waals surface area contributed by atoms with Gasteiger partial charge in [-0.05, 0) is 12.3 Å². The van der Waals surface area contributed by atoms with Gasteiger partial charge in [0.1, 0.15) is 0 Å². The van der Waals surface area contributed by atoms with E-state index in [0.717, 1.165) is 26.1 Å². The highest BCUT2D eigenvalue weighted by molar-refractivity contribution is 7.09. The Kier molecular flexibility index (Phi) is 4.17. The SMILES string of the molecule is CC(C)c1nc(CN2CCC(N)C(C)C2)cs1. The average molecular weight is 253 g/mol. The van der Waals surface area contributed by atoms with Crippen LogP contribution in [-0.4, -0.2) is 29.0 Å². The molecule has 1 aliphatic rings. The van der Waals surface area contributed by atoms with Crippen molar-refractivity contribution < 1.29 is 0 Å². The predicted octanol–water partition coefficient (Wildman–Crippen LogP) is 2.44. The first-order valence-corrected chi connectivity index (χ1v) is 7.36. The number of rotatable bonds is 3.